The predicted octanol–water partition coefficient (Wildman–Crippen LogP) is 3.21. The average molecular weight is 330 g/mol. The molecular formula is C18H22N2O4. The smallest absolute Gasteiger partial charge is 0.319 e. The lowest BCUT2D eigenvalue weighted by atomic mass is 10.2. The maximum atomic E-state index is 11.8. The van der Waals surface area contributed by atoms with Crippen molar-refractivity contribution in [1.82, 2.24) is 5.32 Å². The number of nitrogens with one attached hydrogen (secondary N) is 2. The fourth-order valence-corrected chi connectivity index (χ4v) is 2.19. The molecule has 2 N–H and O–H groups in total. The van der Waals surface area contributed by atoms with Crippen molar-refractivity contribution in [3.8, 4) is 17.2 Å². The number of carbonyl (C=O) groups is 1. The number of hydrogen-bond donors (Lipinski definition) is 2. The molecule has 0 radical (unpaired) electrons. The number of benzene rings is 2. The van der Waals surface area contributed by atoms with Crippen molar-refractivity contribution in [2.24, 2.45) is 0 Å². The minimum Gasteiger partial charge on any atom is -0.493 e. The minimum atomic E-state index is -0.276. The molecule has 2 rings (SSSR count). The Hall–Kier alpha value is -2.89. The number of urea groups is 1. The van der Waals surface area contributed by atoms with Crippen LogP contribution >= 0.6 is 0 Å². The first-order valence-electron chi connectivity index (χ1n) is 7.59. The highest BCUT2D eigenvalue weighted by Gasteiger charge is 2.10. The van der Waals surface area contributed by atoms with Gasteiger partial charge in [-0.3, -0.25) is 0 Å². The van der Waals surface area contributed by atoms with E-state index in [2.05, 4.69) is 10.6 Å². The first-order valence-corrected chi connectivity index (χ1v) is 7.59. The largest absolute Gasteiger partial charge is 0.493 e. The van der Waals surface area contributed by atoms with Crippen LogP contribution in [0.2, 0.25) is 0 Å². The molecule has 24 heavy (non-hydrogen) atoms. The minimum absolute atomic E-state index is 0.276. The van der Waals surface area contributed by atoms with E-state index in [9.17, 15) is 4.79 Å². The molecule has 2 aromatic rings. The zero-order valence-corrected chi connectivity index (χ0v) is 14.1. The van der Waals surface area contributed by atoms with Gasteiger partial charge in [-0.25, -0.2) is 4.79 Å². The Morgan fingerprint density at radius 3 is 2.50 bits per heavy atom. The number of para-hydroxylation sites is 1. The summed E-state index contributed by atoms with van der Waals surface area (Å²) < 4.78 is 16.1. The van der Waals surface area contributed by atoms with Crippen LogP contribution in [0.3, 0.4) is 0 Å². The Morgan fingerprint density at radius 2 is 1.79 bits per heavy atom. The fourth-order valence-electron chi connectivity index (χ4n) is 2.19. The first-order chi connectivity index (χ1) is 11.6. The van der Waals surface area contributed by atoms with Crippen molar-refractivity contribution in [1.29, 1.82) is 0 Å². The molecule has 0 aliphatic rings. The lowest BCUT2D eigenvalue weighted by molar-refractivity contribution is 0.245. The first kappa shape index (κ1) is 17.5. The summed E-state index contributed by atoms with van der Waals surface area (Å²) in [5.41, 5.74) is 1.84. The van der Waals surface area contributed by atoms with Gasteiger partial charge in [-0.1, -0.05) is 18.2 Å². The van der Waals surface area contributed by atoms with Gasteiger partial charge < -0.3 is 24.8 Å². The highest BCUT2D eigenvalue weighted by atomic mass is 16.5. The average Bonchev–Trinajstić information content (AvgIpc) is 2.58. The van der Waals surface area contributed by atoms with E-state index in [1.54, 1.807) is 26.4 Å². The van der Waals surface area contributed by atoms with Gasteiger partial charge in [-0.05, 0) is 36.8 Å². The summed E-state index contributed by atoms with van der Waals surface area (Å²) >= 11 is 0. The molecule has 0 aromatic heterocycles. The van der Waals surface area contributed by atoms with Crippen LogP contribution in [0.1, 0.15) is 5.56 Å². The number of methoxy groups -OCH3 is 2. The molecule has 0 saturated heterocycles. The van der Waals surface area contributed by atoms with E-state index in [1.165, 1.54) is 0 Å². The van der Waals surface area contributed by atoms with Crippen molar-refractivity contribution in [2.45, 2.75) is 6.92 Å². The summed E-state index contributed by atoms with van der Waals surface area (Å²) in [4.78, 5) is 11.8. The monoisotopic (exact) mass is 330 g/mol. The van der Waals surface area contributed by atoms with E-state index < -0.39 is 0 Å². The van der Waals surface area contributed by atoms with Gasteiger partial charge in [0, 0.05) is 5.69 Å². The summed E-state index contributed by atoms with van der Waals surface area (Å²) in [5, 5.41) is 5.51. The maximum absolute atomic E-state index is 11.8. The van der Waals surface area contributed by atoms with E-state index >= 15 is 0 Å². The van der Waals surface area contributed by atoms with Crippen molar-refractivity contribution in [2.75, 3.05) is 32.7 Å². The summed E-state index contributed by atoms with van der Waals surface area (Å²) in [5.74, 6) is 1.70. The third-order valence-corrected chi connectivity index (χ3v) is 3.29. The summed E-state index contributed by atoms with van der Waals surface area (Å²) in [6.45, 7) is 2.64. The van der Waals surface area contributed by atoms with E-state index in [1.807, 2.05) is 37.3 Å². The van der Waals surface area contributed by atoms with Crippen molar-refractivity contribution in [3.05, 3.63) is 48.0 Å². The molecule has 2 aromatic carbocycles. The molecule has 0 aliphatic heterocycles. The normalized spacial score (nSPS) is 9.96. The van der Waals surface area contributed by atoms with Gasteiger partial charge in [0.15, 0.2) is 11.5 Å². The molecule has 0 fully saturated rings. The Morgan fingerprint density at radius 1 is 1.04 bits per heavy atom. The second-order valence-electron chi connectivity index (χ2n) is 5.09. The Kier molecular flexibility index (Phi) is 6.31. The van der Waals surface area contributed by atoms with E-state index in [-0.39, 0.29) is 6.03 Å². The van der Waals surface area contributed by atoms with Crippen LogP contribution in [-0.4, -0.2) is 33.4 Å². The number of rotatable bonds is 7. The second kappa shape index (κ2) is 8.67. The highest BCUT2D eigenvalue weighted by Crippen LogP contribution is 2.36. The Labute approximate surface area is 141 Å². The molecule has 0 saturated carbocycles. The predicted molar refractivity (Wildman–Crippen MR) is 93.2 cm³/mol. The zero-order chi connectivity index (χ0) is 17.4. The lowest BCUT2D eigenvalue weighted by Crippen LogP contribution is -2.32. The van der Waals surface area contributed by atoms with Gasteiger partial charge in [0.1, 0.15) is 6.61 Å². The molecule has 0 heterocycles. The van der Waals surface area contributed by atoms with Crippen molar-refractivity contribution < 1.29 is 19.0 Å². The molecule has 0 aliphatic carbocycles. The van der Waals surface area contributed by atoms with Crippen LogP contribution in [0.25, 0.3) is 0 Å². The summed E-state index contributed by atoms with van der Waals surface area (Å²) in [6.07, 6.45) is 0. The lowest BCUT2D eigenvalue weighted by Gasteiger charge is -2.14. The van der Waals surface area contributed by atoms with Gasteiger partial charge >= 0.3 is 6.03 Å². The molecule has 128 valence electrons. The molecule has 0 unspecified atom stereocenters. The van der Waals surface area contributed by atoms with Crippen LogP contribution < -0.4 is 24.8 Å². The highest BCUT2D eigenvalue weighted by molar-refractivity contribution is 5.89. The molecule has 2 amide bonds. The van der Waals surface area contributed by atoms with Crippen molar-refractivity contribution in [3.63, 3.8) is 0 Å². The third kappa shape index (κ3) is 4.81. The van der Waals surface area contributed by atoms with Crippen LogP contribution in [0.5, 0.6) is 17.2 Å². The topological polar surface area (TPSA) is 68.8 Å². The SMILES string of the molecule is COc1cccc(OCCNC(=O)Nc2cccc(C)c2)c1OC. The molecule has 0 bridgehead atoms. The molecule has 6 heteroatoms. The van der Waals surface area contributed by atoms with Gasteiger partial charge in [0.05, 0.1) is 20.8 Å². The number of aryl methyl sites for hydroxylation is 1. The fraction of sp³-hybridized carbons (Fsp3) is 0.278. The molecule has 0 atom stereocenters. The van der Waals surface area contributed by atoms with Crippen LogP contribution in [0.4, 0.5) is 10.5 Å². The summed E-state index contributed by atoms with van der Waals surface area (Å²) in [7, 11) is 3.12. The van der Waals surface area contributed by atoms with E-state index in [0.29, 0.717) is 30.4 Å². The van der Waals surface area contributed by atoms with Gasteiger partial charge in [-0.2, -0.15) is 0 Å². The molecular weight excluding hydrogens is 308 g/mol. The number of anilines is 1. The number of amides is 2. The molecule has 0 spiro atoms. The van der Waals surface area contributed by atoms with Crippen LogP contribution in [-0.2, 0) is 0 Å². The van der Waals surface area contributed by atoms with Crippen molar-refractivity contribution >= 4 is 11.7 Å². The second-order valence-corrected chi connectivity index (χ2v) is 5.09. The van der Waals surface area contributed by atoms with Gasteiger partial charge in [0.2, 0.25) is 5.75 Å². The third-order valence-electron chi connectivity index (χ3n) is 3.29. The quantitative estimate of drug-likeness (QED) is 0.765. The van der Waals surface area contributed by atoms with Crippen LogP contribution in [0, 0.1) is 6.92 Å². The number of carbonyl (C=O) groups excluding carboxylic acids is 1. The number of hydrogen-bond acceptors (Lipinski definition) is 4. The van der Waals surface area contributed by atoms with Gasteiger partial charge in [0.25, 0.3) is 0 Å². The van der Waals surface area contributed by atoms with Crippen LogP contribution in [0.15, 0.2) is 42.5 Å². The van der Waals surface area contributed by atoms with E-state index in [4.69, 9.17) is 14.2 Å². The van der Waals surface area contributed by atoms with E-state index in [0.717, 1.165) is 11.3 Å². The maximum Gasteiger partial charge on any atom is 0.319 e. The van der Waals surface area contributed by atoms with Gasteiger partial charge in [-0.15, -0.1) is 0 Å². The molecule has 6 nitrogen and oxygen atoms in total. The Bertz CT molecular complexity index is 688. The standard InChI is InChI=1S/C18H22N2O4/c1-13-6-4-7-14(12-13)20-18(21)19-10-11-24-16-9-5-8-15(22-2)17(16)23-3/h4-9,12H,10-11H2,1-3H3,(H2,19,20,21). The number of ether oxygens (including phenoxy) is 3. The zero-order valence-electron chi connectivity index (χ0n) is 14.1. The summed E-state index contributed by atoms with van der Waals surface area (Å²) in [6, 6.07) is 12.7. The Balaban J connectivity index is 1.80.